The zero-order chi connectivity index (χ0) is 15.2. The van der Waals surface area contributed by atoms with Gasteiger partial charge in [-0.3, -0.25) is 4.98 Å². The van der Waals surface area contributed by atoms with Crippen molar-refractivity contribution in [2.75, 3.05) is 0 Å². The van der Waals surface area contributed by atoms with Gasteiger partial charge in [0.05, 0.1) is 0 Å². The standard InChI is InChI=1S/C18H23BrN2/c1-3-13(2)18(15-7-5-4-6-8-15)17(20)10-14-9-16(19)12-21-11-14/h4-9,11-13,17-18H,3,10,20H2,1-2H3. The largest absolute Gasteiger partial charge is 0.327 e. The third-order valence-electron chi connectivity index (χ3n) is 4.14. The summed E-state index contributed by atoms with van der Waals surface area (Å²) in [7, 11) is 0. The Labute approximate surface area is 135 Å². The summed E-state index contributed by atoms with van der Waals surface area (Å²) in [5.41, 5.74) is 9.08. The van der Waals surface area contributed by atoms with Crippen LogP contribution < -0.4 is 5.73 Å². The Morgan fingerprint density at radius 2 is 1.90 bits per heavy atom. The average molecular weight is 347 g/mol. The van der Waals surface area contributed by atoms with E-state index in [0.717, 1.165) is 17.3 Å². The molecular formula is C18H23BrN2. The van der Waals surface area contributed by atoms with Crippen molar-refractivity contribution in [3.8, 4) is 0 Å². The highest BCUT2D eigenvalue weighted by molar-refractivity contribution is 9.10. The van der Waals surface area contributed by atoms with Gasteiger partial charge in [-0.1, -0.05) is 50.6 Å². The quantitative estimate of drug-likeness (QED) is 0.833. The highest BCUT2D eigenvalue weighted by atomic mass is 79.9. The van der Waals surface area contributed by atoms with Crippen molar-refractivity contribution in [3.05, 3.63) is 64.4 Å². The minimum Gasteiger partial charge on any atom is -0.327 e. The van der Waals surface area contributed by atoms with Gasteiger partial charge in [-0.25, -0.2) is 0 Å². The third kappa shape index (κ3) is 4.39. The summed E-state index contributed by atoms with van der Waals surface area (Å²) < 4.78 is 1.01. The maximum Gasteiger partial charge on any atom is 0.0410 e. The minimum absolute atomic E-state index is 0.0958. The van der Waals surface area contributed by atoms with E-state index < -0.39 is 0 Å². The van der Waals surface area contributed by atoms with Crippen molar-refractivity contribution in [3.63, 3.8) is 0 Å². The molecule has 0 aliphatic carbocycles. The van der Waals surface area contributed by atoms with Crippen LogP contribution in [0.2, 0.25) is 0 Å². The number of halogens is 1. The molecule has 0 aliphatic heterocycles. The van der Waals surface area contributed by atoms with Crippen molar-refractivity contribution in [2.45, 2.75) is 38.6 Å². The molecule has 0 spiro atoms. The molecule has 1 aromatic carbocycles. The van der Waals surface area contributed by atoms with Gasteiger partial charge in [-0.2, -0.15) is 0 Å². The Bertz CT molecular complexity index is 556. The predicted molar refractivity (Wildman–Crippen MR) is 92.3 cm³/mol. The number of aromatic nitrogens is 1. The zero-order valence-corrected chi connectivity index (χ0v) is 14.3. The fraction of sp³-hybridized carbons (Fsp3) is 0.389. The van der Waals surface area contributed by atoms with Crippen LogP contribution in [0.15, 0.2) is 53.3 Å². The second kappa shape index (κ2) is 7.71. The summed E-state index contributed by atoms with van der Waals surface area (Å²) in [5, 5.41) is 0. The van der Waals surface area contributed by atoms with Gasteiger partial charge in [0.25, 0.3) is 0 Å². The molecule has 2 aromatic rings. The van der Waals surface area contributed by atoms with Gasteiger partial charge >= 0.3 is 0 Å². The topological polar surface area (TPSA) is 38.9 Å². The van der Waals surface area contributed by atoms with Crippen LogP contribution in [-0.4, -0.2) is 11.0 Å². The van der Waals surface area contributed by atoms with E-state index in [9.17, 15) is 0 Å². The van der Waals surface area contributed by atoms with Crippen LogP contribution in [0.3, 0.4) is 0 Å². The first kappa shape index (κ1) is 16.2. The van der Waals surface area contributed by atoms with E-state index in [4.69, 9.17) is 5.73 Å². The lowest BCUT2D eigenvalue weighted by atomic mass is 9.78. The Morgan fingerprint density at radius 1 is 1.19 bits per heavy atom. The fourth-order valence-electron chi connectivity index (χ4n) is 2.89. The molecule has 0 aliphatic rings. The SMILES string of the molecule is CCC(C)C(c1ccccc1)C(N)Cc1cncc(Br)c1. The molecule has 0 saturated heterocycles. The normalized spacial score (nSPS) is 15.4. The van der Waals surface area contributed by atoms with Gasteiger partial charge in [0.1, 0.15) is 0 Å². The summed E-state index contributed by atoms with van der Waals surface area (Å²) in [6.45, 7) is 4.52. The van der Waals surface area contributed by atoms with E-state index >= 15 is 0 Å². The van der Waals surface area contributed by atoms with E-state index in [0.29, 0.717) is 11.8 Å². The maximum absolute atomic E-state index is 6.57. The second-order valence-electron chi connectivity index (χ2n) is 5.70. The van der Waals surface area contributed by atoms with E-state index in [1.807, 2.05) is 6.20 Å². The molecule has 0 bridgehead atoms. The molecule has 2 nitrogen and oxygen atoms in total. The van der Waals surface area contributed by atoms with Crippen molar-refractivity contribution in [2.24, 2.45) is 11.7 Å². The Kier molecular flexibility index (Phi) is 5.95. The second-order valence-corrected chi connectivity index (χ2v) is 6.62. The van der Waals surface area contributed by atoms with E-state index in [-0.39, 0.29) is 6.04 Å². The summed E-state index contributed by atoms with van der Waals surface area (Å²) >= 11 is 3.47. The van der Waals surface area contributed by atoms with Gasteiger partial charge in [0.15, 0.2) is 0 Å². The summed E-state index contributed by atoms with van der Waals surface area (Å²) in [6, 6.07) is 12.8. The fourth-order valence-corrected chi connectivity index (χ4v) is 3.31. The molecular weight excluding hydrogens is 324 g/mol. The van der Waals surface area contributed by atoms with Crippen LogP contribution in [0.25, 0.3) is 0 Å². The van der Waals surface area contributed by atoms with Crippen LogP contribution in [-0.2, 0) is 6.42 Å². The third-order valence-corrected chi connectivity index (χ3v) is 4.57. The van der Waals surface area contributed by atoms with Crippen LogP contribution in [0.4, 0.5) is 0 Å². The first-order valence-electron chi connectivity index (χ1n) is 7.51. The number of pyridine rings is 1. The van der Waals surface area contributed by atoms with Gasteiger partial charge < -0.3 is 5.73 Å². The number of nitrogens with two attached hydrogens (primary N) is 1. The van der Waals surface area contributed by atoms with Crippen LogP contribution in [0.1, 0.15) is 37.3 Å². The van der Waals surface area contributed by atoms with E-state index in [1.165, 1.54) is 11.1 Å². The smallest absolute Gasteiger partial charge is 0.0410 e. The average Bonchev–Trinajstić information content (AvgIpc) is 2.48. The molecule has 112 valence electrons. The lowest BCUT2D eigenvalue weighted by molar-refractivity contribution is 0.379. The van der Waals surface area contributed by atoms with Crippen molar-refractivity contribution >= 4 is 15.9 Å². The van der Waals surface area contributed by atoms with E-state index in [1.54, 1.807) is 6.20 Å². The van der Waals surface area contributed by atoms with Gasteiger partial charge in [0, 0.05) is 28.8 Å². The van der Waals surface area contributed by atoms with Gasteiger partial charge in [0.2, 0.25) is 0 Å². The van der Waals surface area contributed by atoms with Gasteiger partial charge in [-0.05, 0) is 45.5 Å². The Hall–Kier alpha value is -1.19. The monoisotopic (exact) mass is 346 g/mol. The van der Waals surface area contributed by atoms with Crippen molar-refractivity contribution in [1.82, 2.24) is 4.98 Å². The minimum atomic E-state index is 0.0958. The molecule has 0 amide bonds. The van der Waals surface area contributed by atoms with Crippen molar-refractivity contribution in [1.29, 1.82) is 0 Å². The molecule has 2 N–H and O–H groups in total. The summed E-state index contributed by atoms with van der Waals surface area (Å²) in [5.74, 6) is 0.928. The first-order chi connectivity index (χ1) is 10.1. The predicted octanol–water partition coefficient (Wildman–Crippen LogP) is 4.54. The number of hydrogen-bond acceptors (Lipinski definition) is 2. The molecule has 3 heteroatoms. The number of benzene rings is 1. The lowest BCUT2D eigenvalue weighted by Crippen LogP contribution is -2.34. The molecule has 0 saturated carbocycles. The lowest BCUT2D eigenvalue weighted by Gasteiger charge is -2.29. The molecule has 0 fully saturated rings. The number of hydrogen-bond donors (Lipinski definition) is 1. The Morgan fingerprint density at radius 3 is 2.52 bits per heavy atom. The maximum atomic E-state index is 6.57. The molecule has 3 atom stereocenters. The first-order valence-corrected chi connectivity index (χ1v) is 8.31. The molecule has 0 radical (unpaired) electrons. The van der Waals surface area contributed by atoms with Crippen molar-refractivity contribution < 1.29 is 0 Å². The molecule has 2 rings (SSSR count). The number of nitrogens with zero attached hydrogens (tertiary/aromatic N) is 1. The summed E-state index contributed by atoms with van der Waals surface area (Å²) in [6.07, 6.45) is 5.68. The zero-order valence-electron chi connectivity index (χ0n) is 12.7. The van der Waals surface area contributed by atoms with Crippen LogP contribution >= 0.6 is 15.9 Å². The number of rotatable bonds is 6. The molecule has 3 unspecified atom stereocenters. The Balaban J connectivity index is 2.20. The van der Waals surface area contributed by atoms with Crippen LogP contribution in [0, 0.1) is 5.92 Å². The molecule has 1 aromatic heterocycles. The molecule has 1 heterocycles. The highest BCUT2D eigenvalue weighted by Gasteiger charge is 2.25. The van der Waals surface area contributed by atoms with Crippen LogP contribution in [0.5, 0.6) is 0 Å². The highest BCUT2D eigenvalue weighted by Crippen LogP contribution is 2.31. The summed E-state index contributed by atoms with van der Waals surface area (Å²) in [4.78, 5) is 4.23. The van der Waals surface area contributed by atoms with E-state index in [2.05, 4.69) is 71.2 Å². The van der Waals surface area contributed by atoms with Gasteiger partial charge in [-0.15, -0.1) is 0 Å². The molecule has 21 heavy (non-hydrogen) atoms.